The number of ketones is 1. The van der Waals surface area contributed by atoms with Gasteiger partial charge in [-0.05, 0) is 13.8 Å². The summed E-state index contributed by atoms with van der Waals surface area (Å²) >= 11 is 1.18. The number of hydrogen-bond acceptors (Lipinski definition) is 8. The summed E-state index contributed by atoms with van der Waals surface area (Å²) in [7, 11) is 0. The normalized spacial score (nSPS) is 24.0. The smallest absolute Gasteiger partial charge is 0.356 e. The van der Waals surface area contributed by atoms with Crippen LogP contribution < -0.4 is 0 Å². The van der Waals surface area contributed by atoms with E-state index in [-0.39, 0.29) is 18.1 Å². The lowest BCUT2D eigenvalue weighted by molar-refractivity contribution is -0.158. The zero-order chi connectivity index (χ0) is 17.3. The maximum atomic E-state index is 12.2. The molecule has 0 aromatic rings. The molecule has 126 valence electrons. The Hall–Kier alpha value is -1.87. The number of Topliss-reactive ketones (excluding diaryl/α,β-unsaturated/α-hetero) is 1. The summed E-state index contributed by atoms with van der Waals surface area (Å²) in [6.45, 7) is 3.43. The average molecular weight is 343 g/mol. The SMILES string of the molecule is CC(=O)COC(=O)C1=C(COC(C)=O)S[C@@H]2C(C(C)O)C(=O)N12. The third kappa shape index (κ3) is 3.40. The number of aliphatic hydroxyl groups is 1. The summed E-state index contributed by atoms with van der Waals surface area (Å²) in [5, 5.41) is 9.23. The number of β-lactam (4-membered cyclic amide) rings is 1. The van der Waals surface area contributed by atoms with Crippen LogP contribution in [-0.4, -0.2) is 58.3 Å². The first-order valence-corrected chi connectivity index (χ1v) is 7.82. The largest absolute Gasteiger partial charge is 0.460 e. The Morgan fingerprint density at radius 3 is 2.48 bits per heavy atom. The molecule has 0 saturated carbocycles. The monoisotopic (exact) mass is 343 g/mol. The summed E-state index contributed by atoms with van der Waals surface area (Å²) in [4.78, 5) is 47.8. The molecule has 2 heterocycles. The van der Waals surface area contributed by atoms with Crippen LogP contribution in [0.2, 0.25) is 0 Å². The average Bonchev–Trinajstić information content (AvgIpc) is 2.76. The molecule has 0 spiro atoms. The fourth-order valence-electron chi connectivity index (χ4n) is 2.35. The van der Waals surface area contributed by atoms with Gasteiger partial charge in [0.25, 0.3) is 0 Å². The molecule has 2 rings (SSSR count). The fraction of sp³-hybridized carbons (Fsp3) is 0.571. The summed E-state index contributed by atoms with van der Waals surface area (Å²) in [6.07, 6.45) is -0.862. The Bertz CT molecular complexity index is 598. The fourth-order valence-corrected chi connectivity index (χ4v) is 3.86. The van der Waals surface area contributed by atoms with Gasteiger partial charge < -0.3 is 14.6 Å². The van der Waals surface area contributed by atoms with Crippen molar-refractivity contribution in [1.82, 2.24) is 4.90 Å². The molecule has 8 nitrogen and oxygen atoms in total. The van der Waals surface area contributed by atoms with Crippen LogP contribution >= 0.6 is 11.8 Å². The van der Waals surface area contributed by atoms with E-state index in [2.05, 4.69) is 0 Å². The Morgan fingerprint density at radius 1 is 1.30 bits per heavy atom. The zero-order valence-electron chi connectivity index (χ0n) is 12.9. The van der Waals surface area contributed by atoms with Crippen LogP contribution in [0.5, 0.6) is 0 Å². The predicted octanol–water partition coefficient (Wildman–Crippen LogP) is -0.195. The van der Waals surface area contributed by atoms with Gasteiger partial charge >= 0.3 is 11.9 Å². The maximum absolute atomic E-state index is 12.2. The Kier molecular flexibility index (Phi) is 5.10. The third-order valence-corrected chi connectivity index (χ3v) is 4.72. The van der Waals surface area contributed by atoms with Gasteiger partial charge in [-0.2, -0.15) is 0 Å². The standard InChI is InChI=1S/C14H17NO7S/c1-6(16)4-22-14(20)11-9(5-21-8(3)18)23-13-10(7(2)17)12(19)15(11)13/h7,10,13,17H,4-5H2,1-3H3/t7?,10?,13-/m1/s1. The maximum Gasteiger partial charge on any atom is 0.356 e. The first kappa shape index (κ1) is 17.5. The molecule has 0 radical (unpaired) electrons. The molecule has 9 heteroatoms. The van der Waals surface area contributed by atoms with Gasteiger partial charge in [-0.1, -0.05) is 11.8 Å². The minimum atomic E-state index is -0.862. The molecule has 0 aromatic carbocycles. The zero-order valence-corrected chi connectivity index (χ0v) is 13.7. The first-order valence-electron chi connectivity index (χ1n) is 6.95. The molecule has 2 unspecified atom stereocenters. The van der Waals surface area contributed by atoms with Gasteiger partial charge in [-0.15, -0.1) is 0 Å². The lowest BCUT2D eigenvalue weighted by atomic mass is 9.92. The highest BCUT2D eigenvalue weighted by Gasteiger charge is 2.57. The van der Waals surface area contributed by atoms with E-state index in [1.165, 1.54) is 37.4 Å². The number of nitrogens with zero attached hydrogens (tertiary/aromatic N) is 1. The molecule has 1 N–H and O–H groups in total. The Balaban J connectivity index is 2.21. The second-order valence-electron chi connectivity index (χ2n) is 5.31. The van der Waals surface area contributed by atoms with E-state index >= 15 is 0 Å². The molecule has 23 heavy (non-hydrogen) atoms. The van der Waals surface area contributed by atoms with E-state index in [1.807, 2.05) is 0 Å². The van der Waals surface area contributed by atoms with Gasteiger partial charge in [0, 0.05) is 6.92 Å². The van der Waals surface area contributed by atoms with Gasteiger partial charge in [0.1, 0.15) is 24.3 Å². The number of aliphatic hydroxyl groups excluding tert-OH is 1. The second-order valence-corrected chi connectivity index (χ2v) is 6.52. The molecular weight excluding hydrogens is 326 g/mol. The van der Waals surface area contributed by atoms with Crippen molar-refractivity contribution in [2.24, 2.45) is 5.92 Å². The van der Waals surface area contributed by atoms with E-state index < -0.39 is 41.8 Å². The van der Waals surface area contributed by atoms with Crippen molar-refractivity contribution in [3.63, 3.8) is 0 Å². The summed E-state index contributed by atoms with van der Waals surface area (Å²) in [5.74, 6) is -2.72. The van der Waals surface area contributed by atoms with Crippen molar-refractivity contribution in [3.05, 3.63) is 10.6 Å². The molecule has 3 atom stereocenters. The highest BCUT2D eigenvalue weighted by atomic mass is 32.2. The number of thioether (sulfide) groups is 1. The second kappa shape index (κ2) is 6.71. The number of hydrogen-bond donors (Lipinski definition) is 1. The molecule has 0 bridgehead atoms. The van der Waals surface area contributed by atoms with E-state index in [0.29, 0.717) is 4.91 Å². The Labute approximate surface area is 136 Å². The number of carbonyl (C=O) groups is 4. The van der Waals surface area contributed by atoms with Crippen molar-refractivity contribution >= 4 is 35.4 Å². The number of ether oxygens (including phenoxy) is 2. The van der Waals surface area contributed by atoms with E-state index in [1.54, 1.807) is 0 Å². The van der Waals surface area contributed by atoms with Crippen LogP contribution in [0, 0.1) is 5.92 Å². The number of fused-ring (bicyclic) bond motifs is 1. The quantitative estimate of drug-likeness (QED) is 0.522. The molecular formula is C14H17NO7S. The molecule has 0 aliphatic carbocycles. The molecule has 2 aliphatic heterocycles. The topological polar surface area (TPSA) is 110 Å². The van der Waals surface area contributed by atoms with Crippen LogP contribution in [0.1, 0.15) is 20.8 Å². The van der Waals surface area contributed by atoms with E-state index in [4.69, 9.17) is 9.47 Å². The molecule has 1 amide bonds. The molecule has 0 aromatic heterocycles. The van der Waals surface area contributed by atoms with Crippen molar-refractivity contribution in [1.29, 1.82) is 0 Å². The minimum absolute atomic E-state index is 0.0237. The highest BCUT2D eigenvalue weighted by Crippen LogP contribution is 2.50. The van der Waals surface area contributed by atoms with Gasteiger partial charge in [0.05, 0.1) is 16.9 Å². The number of amides is 1. The van der Waals surface area contributed by atoms with Crippen LogP contribution in [0.25, 0.3) is 0 Å². The van der Waals surface area contributed by atoms with E-state index in [0.717, 1.165) is 0 Å². The van der Waals surface area contributed by atoms with Gasteiger partial charge in [0.15, 0.2) is 5.78 Å². The van der Waals surface area contributed by atoms with Crippen molar-refractivity contribution in [2.75, 3.05) is 13.2 Å². The lowest BCUT2D eigenvalue weighted by Gasteiger charge is -2.43. The minimum Gasteiger partial charge on any atom is -0.460 e. The highest BCUT2D eigenvalue weighted by molar-refractivity contribution is 8.04. The van der Waals surface area contributed by atoms with Crippen molar-refractivity contribution in [3.8, 4) is 0 Å². The van der Waals surface area contributed by atoms with Crippen molar-refractivity contribution in [2.45, 2.75) is 32.2 Å². The molecule has 1 saturated heterocycles. The van der Waals surface area contributed by atoms with Gasteiger partial charge in [-0.3, -0.25) is 19.3 Å². The van der Waals surface area contributed by atoms with Crippen LogP contribution in [0.3, 0.4) is 0 Å². The third-order valence-electron chi connectivity index (χ3n) is 3.38. The summed E-state index contributed by atoms with van der Waals surface area (Å²) < 4.78 is 9.76. The van der Waals surface area contributed by atoms with Crippen LogP contribution in [-0.2, 0) is 28.7 Å². The Morgan fingerprint density at radius 2 is 1.96 bits per heavy atom. The number of esters is 2. The van der Waals surface area contributed by atoms with Gasteiger partial charge in [-0.25, -0.2) is 4.79 Å². The summed E-state index contributed by atoms with van der Waals surface area (Å²) in [6, 6.07) is 0. The van der Waals surface area contributed by atoms with Crippen LogP contribution in [0.4, 0.5) is 0 Å². The van der Waals surface area contributed by atoms with Crippen molar-refractivity contribution < 1.29 is 33.8 Å². The molecule has 2 aliphatic rings. The van der Waals surface area contributed by atoms with E-state index in [9.17, 15) is 24.3 Å². The van der Waals surface area contributed by atoms with Crippen LogP contribution in [0.15, 0.2) is 10.6 Å². The van der Waals surface area contributed by atoms with Gasteiger partial charge in [0.2, 0.25) is 5.91 Å². The first-order chi connectivity index (χ1) is 10.7. The number of rotatable bonds is 6. The summed E-state index contributed by atoms with van der Waals surface area (Å²) in [5.41, 5.74) is -0.0237. The predicted molar refractivity (Wildman–Crippen MR) is 78.7 cm³/mol. The number of carbonyl (C=O) groups excluding carboxylic acids is 4. The molecule has 1 fully saturated rings. The lowest BCUT2D eigenvalue weighted by Crippen LogP contribution is -2.60.